The number of carbonyl (C=O) groups excluding carboxylic acids is 4. The van der Waals surface area contributed by atoms with Crippen LogP contribution in [0.5, 0.6) is 0 Å². The number of nitrogens with zero attached hydrogens (tertiary/aromatic N) is 2. The maximum absolute atomic E-state index is 13.2. The van der Waals surface area contributed by atoms with Gasteiger partial charge in [-0.3, -0.25) is 19.3 Å². The van der Waals surface area contributed by atoms with E-state index in [0.29, 0.717) is 24.1 Å². The molecule has 2 aliphatic rings. The summed E-state index contributed by atoms with van der Waals surface area (Å²) in [5.74, 6) is -1.19. The monoisotopic (exact) mass is 455 g/mol. The summed E-state index contributed by atoms with van der Waals surface area (Å²) in [5, 5.41) is 2.96. The van der Waals surface area contributed by atoms with Crippen LogP contribution in [-0.4, -0.2) is 47.9 Å². The van der Waals surface area contributed by atoms with Gasteiger partial charge < -0.3 is 15.0 Å². The van der Waals surface area contributed by atoms with Gasteiger partial charge in [0, 0.05) is 19.4 Å². The Kier molecular flexibility index (Phi) is 5.64. The summed E-state index contributed by atoms with van der Waals surface area (Å²) in [6, 6.07) is 11.4. The maximum Gasteiger partial charge on any atom is 0.337 e. The molecule has 0 aromatic heterocycles. The number of nitrogens with one attached hydrogen (secondary N) is 1. The van der Waals surface area contributed by atoms with E-state index in [0.717, 1.165) is 0 Å². The van der Waals surface area contributed by atoms with E-state index < -0.39 is 11.6 Å². The highest BCUT2D eigenvalue weighted by molar-refractivity contribution is 6.33. The SMILES string of the molecule is COC(=O)c1ccc(Cl)c(NC(=O)CCN2C(=O)c3ccccc3N3C(=O)CCC23C)c1. The molecule has 0 bridgehead atoms. The third kappa shape index (κ3) is 3.60. The largest absolute Gasteiger partial charge is 0.465 e. The second-order valence-corrected chi connectivity index (χ2v) is 8.31. The van der Waals surface area contributed by atoms with Crippen molar-refractivity contribution in [3.63, 3.8) is 0 Å². The van der Waals surface area contributed by atoms with Crippen molar-refractivity contribution < 1.29 is 23.9 Å². The third-order valence-electron chi connectivity index (χ3n) is 5.97. The predicted octanol–water partition coefficient (Wildman–Crippen LogP) is 3.45. The first-order valence-corrected chi connectivity index (χ1v) is 10.6. The average Bonchev–Trinajstić information content (AvgIpc) is 3.09. The standard InChI is InChI=1S/C23H22ClN3O5/c1-23-11-9-20(29)27(23)18-6-4-3-5-15(18)21(30)26(23)12-10-19(28)25-17-13-14(22(31)32-2)7-8-16(17)24/h3-8,13H,9-12H2,1-2H3,(H,25,28). The van der Waals surface area contributed by atoms with E-state index in [2.05, 4.69) is 5.32 Å². The highest BCUT2D eigenvalue weighted by atomic mass is 35.5. The molecule has 1 fully saturated rings. The molecule has 0 spiro atoms. The van der Waals surface area contributed by atoms with E-state index in [-0.39, 0.29) is 47.0 Å². The van der Waals surface area contributed by atoms with Gasteiger partial charge in [-0.05, 0) is 43.7 Å². The van der Waals surface area contributed by atoms with Crippen molar-refractivity contribution in [1.29, 1.82) is 0 Å². The minimum absolute atomic E-state index is 0.00961. The lowest BCUT2D eigenvalue weighted by Crippen LogP contribution is -2.62. The summed E-state index contributed by atoms with van der Waals surface area (Å²) < 4.78 is 4.69. The number of fused-ring (bicyclic) bond motifs is 3. The molecule has 0 aliphatic carbocycles. The Hall–Kier alpha value is -3.39. The number of halogens is 1. The lowest BCUT2D eigenvalue weighted by atomic mass is 9.98. The van der Waals surface area contributed by atoms with Gasteiger partial charge in [0.1, 0.15) is 5.66 Å². The number of amides is 3. The number of methoxy groups -OCH3 is 1. The molecule has 1 unspecified atom stereocenters. The van der Waals surface area contributed by atoms with Crippen LogP contribution in [0.4, 0.5) is 11.4 Å². The summed E-state index contributed by atoms with van der Waals surface area (Å²) in [6.07, 6.45) is 0.807. The number of anilines is 2. The molecular weight excluding hydrogens is 434 g/mol. The quantitative estimate of drug-likeness (QED) is 0.696. The predicted molar refractivity (Wildman–Crippen MR) is 119 cm³/mol. The summed E-state index contributed by atoms with van der Waals surface area (Å²) in [6.45, 7) is 1.97. The van der Waals surface area contributed by atoms with Gasteiger partial charge >= 0.3 is 5.97 Å². The molecule has 4 rings (SSSR count). The number of carbonyl (C=O) groups is 4. The highest BCUT2D eigenvalue weighted by Crippen LogP contribution is 2.44. The molecule has 32 heavy (non-hydrogen) atoms. The molecular formula is C23H22ClN3O5. The first kappa shape index (κ1) is 21.8. The Morgan fingerprint density at radius 3 is 2.69 bits per heavy atom. The smallest absolute Gasteiger partial charge is 0.337 e. The molecule has 1 atom stereocenters. The number of esters is 1. The van der Waals surface area contributed by atoms with Crippen LogP contribution >= 0.6 is 11.6 Å². The lowest BCUT2D eigenvalue weighted by Gasteiger charge is -2.48. The molecule has 2 aromatic carbocycles. The van der Waals surface area contributed by atoms with E-state index in [9.17, 15) is 19.2 Å². The van der Waals surface area contributed by atoms with E-state index in [1.807, 2.05) is 6.92 Å². The second-order valence-electron chi connectivity index (χ2n) is 7.90. The maximum atomic E-state index is 13.2. The number of para-hydroxylation sites is 1. The van der Waals surface area contributed by atoms with Gasteiger partial charge in [-0.15, -0.1) is 0 Å². The summed E-state index contributed by atoms with van der Waals surface area (Å²) >= 11 is 6.15. The van der Waals surface area contributed by atoms with Crippen LogP contribution in [-0.2, 0) is 14.3 Å². The van der Waals surface area contributed by atoms with E-state index in [1.54, 1.807) is 34.1 Å². The van der Waals surface area contributed by atoms with Crippen molar-refractivity contribution in [1.82, 2.24) is 4.90 Å². The van der Waals surface area contributed by atoms with Crippen LogP contribution in [0.15, 0.2) is 42.5 Å². The zero-order valence-corrected chi connectivity index (χ0v) is 18.4. The van der Waals surface area contributed by atoms with E-state index in [1.165, 1.54) is 25.3 Å². The molecule has 166 valence electrons. The van der Waals surface area contributed by atoms with Gasteiger partial charge in [0.2, 0.25) is 11.8 Å². The Morgan fingerprint density at radius 2 is 1.94 bits per heavy atom. The van der Waals surface area contributed by atoms with Gasteiger partial charge in [0.15, 0.2) is 0 Å². The fourth-order valence-electron chi connectivity index (χ4n) is 4.33. The molecule has 2 aliphatic heterocycles. The lowest BCUT2D eigenvalue weighted by molar-refractivity contribution is -0.117. The average molecular weight is 456 g/mol. The minimum Gasteiger partial charge on any atom is -0.465 e. The Labute approximate surface area is 190 Å². The Balaban J connectivity index is 1.53. The van der Waals surface area contributed by atoms with E-state index >= 15 is 0 Å². The van der Waals surface area contributed by atoms with Crippen LogP contribution in [0.25, 0.3) is 0 Å². The van der Waals surface area contributed by atoms with Gasteiger partial charge in [-0.25, -0.2) is 4.79 Å². The third-order valence-corrected chi connectivity index (χ3v) is 6.30. The number of ether oxygens (including phenoxy) is 1. The second kappa shape index (κ2) is 8.27. The molecule has 0 radical (unpaired) electrons. The van der Waals surface area contributed by atoms with Crippen LogP contribution in [0.1, 0.15) is 46.9 Å². The van der Waals surface area contributed by atoms with Crippen molar-refractivity contribution in [3.05, 3.63) is 58.6 Å². The van der Waals surface area contributed by atoms with Crippen molar-refractivity contribution in [2.45, 2.75) is 31.8 Å². The van der Waals surface area contributed by atoms with Crippen molar-refractivity contribution >= 4 is 46.7 Å². The fourth-order valence-corrected chi connectivity index (χ4v) is 4.50. The van der Waals surface area contributed by atoms with Crippen LogP contribution in [0, 0.1) is 0 Å². The minimum atomic E-state index is -0.828. The molecule has 2 aromatic rings. The molecule has 3 amide bonds. The van der Waals surface area contributed by atoms with Crippen molar-refractivity contribution in [3.8, 4) is 0 Å². The number of benzene rings is 2. The Morgan fingerprint density at radius 1 is 1.19 bits per heavy atom. The zero-order chi connectivity index (χ0) is 23.0. The highest BCUT2D eigenvalue weighted by Gasteiger charge is 2.52. The number of hydrogen-bond acceptors (Lipinski definition) is 5. The normalized spacial score (nSPS) is 19.5. The van der Waals surface area contributed by atoms with Gasteiger partial charge in [-0.1, -0.05) is 23.7 Å². The summed E-state index contributed by atoms with van der Waals surface area (Å²) in [4.78, 5) is 53.5. The first-order chi connectivity index (χ1) is 15.3. The molecule has 8 nitrogen and oxygen atoms in total. The molecule has 9 heteroatoms. The van der Waals surface area contributed by atoms with Gasteiger partial charge in [0.05, 0.1) is 34.6 Å². The van der Waals surface area contributed by atoms with Gasteiger partial charge in [-0.2, -0.15) is 0 Å². The number of hydrogen-bond donors (Lipinski definition) is 1. The van der Waals surface area contributed by atoms with Crippen LogP contribution < -0.4 is 10.2 Å². The van der Waals surface area contributed by atoms with E-state index in [4.69, 9.17) is 16.3 Å². The number of rotatable bonds is 5. The molecule has 1 saturated heterocycles. The van der Waals surface area contributed by atoms with Crippen LogP contribution in [0.3, 0.4) is 0 Å². The van der Waals surface area contributed by atoms with Crippen molar-refractivity contribution in [2.75, 3.05) is 23.9 Å². The van der Waals surface area contributed by atoms with Crippen molar-refractivity contribution in [2.24, 2.45) is 0 Å². The fraction of sp³-hybridized carbons (Fsp3) is 0.304. The van der Waals surface area contributed by atoms with Gasteiger partial charge in [0.25, 0.3) is 5.91 Å². The summed E-state index contributed by atoms with van der Waals surface area (Å²) in [5.41, 5.74) is 0.746. The topological polar surface area (TPSA) is 96.0 Å². The molecule has 2 heterocycles. The summed E-state index contributed by atoms with van der Waals surface area (Å²) in [7, 11) is 1.26. The Bertz CT molecular complexity index is 1130. The molecule has 1 N–H and O–H groups in total. The van der Waals surface area contributed by atoms with Crippen LogP contribution in [0.2, 0.25) is 5.02 Å². The molecule has 0 saturated carbocycles. The first-order valence-electron chi connectivity index (χ1n) is 10.2. The zero-order valence-electron chi connectivity index (χ0n) is 17.7.